The van der Waals surface area contributed by atoms with Crippen molar-refractivity contribution in [3.63, 3.8) is 0 Å². The van der Waals surface area contributed by atoms with E-state index in [1.807, 2.05) is 14.1 Å². The van der Waals surface area contributed by atoms with Crippen LogP contribution in [0.15, 0.2) is 12.3 Å². The standard InChI is InChI=1S/C12H20N4O/c1-13-9-3-5-10(6-4-9)14-12(17)11-7-8-16(2)15-11/h7-10,13H,3-6H2,1-2H3,(H,14,17). The van der Waals surface area contributed by atoms with Crippen molar-refractivity contribution < 1.29 is 4.79 Å². The van der Waals surface area contributed by atoms with Crippen LogP contribution in [0, 0.1) is 0 Å². The Hall–Kier alpha value is -1.36. The van der Waals surface area contributed by atoms with E-state index in [9.17, 15) is 4.79 Å². The lowest BCUT2D eigenvalue weighted by molar-refractivity contribution is 0.0919. The first-order chi connectivity index (χ1) is 8.19. The van der Waals surface area contributed by atoms with Crippen LogP contribution in [0.2, 0.25) is 0 Å². The molecule has 1 saturated carbocycles. The molecule has 5 nitrogen and oxygen atoms in total. The molecule has 1 amide bonds. The van der Waals surface area contributed by atoms with Crippen LogP contribution in [0.5, 0.6) is 0 Å². The van der Waals surface area contributed by atoms with Gasteiger partial charge in [0.2, 0.25) is 0 Å². The van der Waals surface area contributed by atoms with Gasteiger partial charge in [-0.3, -0.25) is 9.48 Å². The van der Waals surface area contributed by atoms with Crippen molar-refractivity contribution in [2.24, 2.45) is 7.05 Å². The summed E-state index contributed by atoms with van der Waals surface area (Å²) in [5.41, 5.74) is 0.503. The maximum absolute atomic E-state index is 11.9. The van der Waals surface area contributed by atoms with Gasteiger partial charge in [0.15, 0.2) is 0 Å². The van der Waals surface area contributed by atoms with E-state index >= 15 is 0 Å². The van der Waals surface area contributed by atoms with Crippen LogP contribution >= 0.6 is 0 Å². The molecular formula is C12H20N4O. The summed E-state index contributed by atoms with van der Waals surface area (Å²) < 4.78 is 1.65. The van der Waals surface area contributed by atoms with E-state index in [4.69, 9.17) is 0 Å². The Morgan fingerprint density at radius 2 is 2.00 bits per heavy atom. The third-order valence-electron chi connectivity index (χ3n) is 3.42. The molecule has 0 aromatic carbocycles. The fourth-order valence-corrected chi connectivity index (χ4v) is 2.32. The number of carbonyl (C=O) groups excluding carboxylic acids is 1. The zero-order valence-corrected chi connectivity index (χ0v) is 10.4. The molecule has 0 atom stereocenters. The average molecular weight is 236 g/mol. The molecule has 1 aliphatic rings. The Bertz CT molecular complexity index is 380. The van der Waals surface area contributed by atoms with Gasteiger partial charge < -0.3 is 10.6 Å². The van der Waals surface area contributed by atoms with Crippen LogP contribution in [-0.2, 0) is 7.05 Å². The number of aromatic nitrogens is 2. The summed E-state index contributed by atoms with van der Waals surface area (Å²) in [6.45, 7) is 0. The molecule has 2 N–H and O–H groups in total. The van der Waals surface area contributed by atoms with Gasteiger partial charge in [0, 0.05) is 25.3 Å². The zero-order chi connectivity index (χ0) is 12.3. The number of nitrogens with one attached hydrogen (secondary N) is 2. The highest BCUT2D eigenvalue weighted by Crippen LogP contribution is 2.18. The average Bonchev–Trinajstić information content (AvgIpc) is 2.77. The van der Waals surface area contributed by atoms with Crippen molar-refractivity contribution in [1.29, 1.82) is 0 Å². The monoisotopic (exact) mass is 236 g/mol. The van der Waals surface area contributed by atoms with Crippen molar-refractivity contribution in [3.05, 3.63) is 18.0 Å². The number of hydrogen-bond acceptors (Lipinski definition) is 3. The molecule has 0 spiro atoms. The lowest BCUT2D eigenvalue weighted by atomic mass is 9.91. The van der Waals surface area contributed by atoms with Crippen LogP contribution < -0.4 is 10.6 Å². The normalized spacial score (nSPS) is 24.6. The minimum atomic E-state index is -0.0569. The van der Waals surface area contributed by atoms with Gasteiger partial charge >= 0.3 is 0 Å². The number of rotatable bonds is 3. The largest absolute Gasteiger partial charge is 0.348 e. The summed E-state index contributed by atoms with van der Waals surface area (Å²) in [5.74, 6) is -0.0569. The van der Waals surface area contributed by atoms with E-state index in [2.05, 4.69) is 15.7 Å². The number of carbonyl (C=O) groups is 1. The Labute approximate surface area is 102 Å². The van der Waals surface area contributed by atoms with Gasteiger partial charge in [-0.25, -0.2) is 0 Å². The Morgan fingerprint density at radius 3 is 2.53 bits per heavy atom. The smallest absolute Gasteiger partial charge is 0.271 e. The second-order valence-corrected chi connectivity index (χ2v) is 4.69. The first-order valence-electron chi connectivity index (χ1n) is 6.17. The number of hydrogen-bond donors (Lipinski definition) is 2. The van der Waals surface area contributed by atoms with Crippen LogP contribution in [0.3, 0.4) is 0 Å². The first kappa shape index (κ1) is 12.1. The Balaban J connectivity index is 1.84. The third-order valence-corrected chi connectivity index (χ3v) is 3.42. The molecule has 0 bridgehead atoms. The molecule has 17 heavy (non-hydrogen) atoms. The molecule has 0 radical (unpaired) electrons. The lowest BCUT2D eigenvalue weighted by Gasteiger charge is -2.28. The van der Waals surface area contributed by atoms with Crippen LogP contribution in [0.1, 0.15) is 36.2 Å². The SMILES string of the molecule is CNC1CCC(NC(=O)c2ccn(C)n2)CC1. The van der Waals surface area contributed by atoms with Gasteiger partial charge in [0.1, 0.15) is 5.69 Å². The van der Waals surface area contributed by atoms with Gasteiger partial charge in [-0.15, -0.1) is 0 Å². The predicted octanol–water partition coefficient (Wildman–Crippen LogP) is 0.680. The fraction of sp³-hybridized carbons (Fsp3) is 0.667. The highest BCUT2D eigenvalue weighted by molar-refractivity contribution is 5.92. The van der Waals surface area contributed by atoms with Gasteiger partial charge in [0.25, 0.3) is 5.91 Å². The van der Waals surface area contributed by atoms with Crippen molar-refractivity contribution in [1.82, 2.24) is 20.4 Å². The van der Waals surface area contributed by atoms with Gasteiger partial charge in [-0.2, -0.15) is 5.10 Å². The molecule has 1 aromatic rings. The van der Waals surface area contributed by atoms with Gasteiger partial charge in [-0.1, -0.05) is 0 Å². The van der Waals surface area contributed by atoms with Gasteiger partial charge in [-0.05, 0) is 38.8 Å². The maximum Gasteiger partial charge on any atom is 0.271 e. The van der Waals surface area contributed by atoms with E-state index in [0.29, 0.717) is 17.8 Å². The summed E-state index contributed by atoms with van der Waals surface area (Å²) in [6.07, 6.45) is 6.13. The van der Waals surface area contributed by atoms with Crippen molar-refractivity contribution >= 4 is 5.91 Å². The van der Waals surface area contributed by atoms with Crippen molar-refractivity contribution in [2.45, 2.75) is 37.8 Å². The van der Waals surface area contributed by atoms with Crippen molar-refractivity contribution in [2.75, 3.05) is 7.05 Å². The van der Waals surface area contributed by atoms with E-state index in [1.54, 1.807) is 16.9 Å². The number of aryl methyl sites for hydroxylation is 1. The quantitative estimate of drug-likeness (QED) is 0.811. The molecule has 0 saturated heterocycles. The Kier molecular flexibility index (Phi) is 3.78. The van der Waals surface area contributed by atoms with Crippen LogP contribution in [-0.4, -0.2) is 34.8 Å². The van der Waals surface area contributed by atoms with E-state index in [0.717, 1.165) is 25.7 Å². The lowest BCUT2D eigenvalue weighted by Crippen LogP contribution is -2.41. The molecule has 94 valence electrons. The third kappa shape index (κ3) is 3.06. The maximum atomic E-state index is 11.9. The van der Waals surface area contributed by atoms with Gasteiger partial charge in [0.05, 0.1) is 0 Å². The minimum absolute atomic E-state index is 0.0569. The predicted molar refractivity (Wildman–Crippen MR) is 65.8 cm³/mol. The molecule has 0 aliphatic heterocycles. The minimum Gasteiger partial charge on any atom is -0.348 e. The first-order valence-corrected chi connectivity index (χ1v) is 6.17. The van der Waals surface area contributed by atoms with E-state index in [1.165, 1.54) is 0 Å². The molecular weight excluding hydrogens is 216 g/mol. The topological polar surface area (TPSA) is 58.9 Å². The number of amides is 1. The van der Waals surface area contributed by atoms with E-state index in [-0.39, 0.29) is 5.91 Å². The summed E-state index contributed by atoms with van der Waals surface area (Å²) >= 11 is 0. The Morgan fingerprint density at radius 1 is 1.35 bits per heavy atom. The second-order valence-electron chi connectivity index (χ2n) is 4.69. The molecule has 1 heterocycles. The summed E-state index contributed by atoms with van der Waals surface area (Å²) in [7, 11) is 3.81. The molecule has 1 aromatic heterocycles. The fourth-order valence-electron chi connectivity index (χ4n) is 2.32. The van der Waals surface area contributed by atoms with Crippen molar-refractivity contribution in [3.8, 4) is 0 Å². The second kappa shape index (κ2) is 5.31. The molecule has 1 aliphatic carbocycles. The highest BCUT2D eigenvalue weighted by atomic mass is 16.2. The summed E-state index contributed by atoms with van der Waals surface area (Å²) in [6, 6.07) is 2.65. The molecule has 1 fully saturated rings. The molecule has 2 rings (SSSR count). The number of nitrogens with zero attached hydrogens (tertiary/aromatic N) is 2. The van der Waals surface area contributed by atoms with Crippen LogP contribution in [0.4, 0.5) is 0 Å². The summed E-state index contributed by atoms with van der Waals surface area (Å²) in [5, 5.41) is 10.4. The van der Waals surface area contributed by atoms with Crippen LogP contribution in [0.25, 0.3) is 0 Å². The zero-order valence-electron chi connectivity index (χ0n) is 10.4. The summed E-state index contributed by atoms with van der Waals surface area (Å²) in [4.78, 5) is 11.9. The van der Waals surface area contributed by atoms with E-state index < -0.39 is 0 Å². The molecule has 5 heteroatoms. The highest BCUT2D eigenvalue weighted by Gasteiger charge is 2.22. The molecule has 0 unspecified atom stereocenters.